The minimum atomic E-state index is -1.71. The Kier molecular flexibility index (Phi) is 12.1. The molecule has 1 unspecified atom stereocenters. The first-order valence-electron chi connectivity index (χ1n) is 6.48. The Balaban J connectivity index is 3.22. The van der Waals surface area contributed by atoms with Crippen LogP contribution in [-0.2, 0) is 18.6 Å². The van der Waals surface area contributed by atoms with Crippen LogP contribution in [-0.4, -0.2) is 36.8 Å². The summed E-state index contributed by atoms with van der Waals surface area (Å²) in [6.45, 7) is 2.61. The van der Waals surface area contributed by atoms with E-state index in [-0.39, 0.29) is 18.1 Å². The van der Waals surface area contributed by atoms with Crippen LogP contribution < -0.4 is 5.32 Å². The third kappa shape index (κ3) is 13.7. The van der Waals surface area contributed by atoms with Gasteiger partial charge in [-0.15, -0.1) is 0 Å². The van der Waals surface area contributed by atoms with Gasteiger partial charge in [-0.3, -0.25) is 4.79 Å². The fourth-order valence-corrected chi connectivity index (χ4v) is 1.77. The van der Waals surface area contributed by atoms with Crippen molar-refractivity contribution in [1.82, 2.24) is 5.32 Å². The van der Waals surface area contributed by atoms with E-state index in [2.05, 4.69) is 9.84 Å². The summed E-state index contributed by atoms with van der Waals surface area (Å²) in [6, 6.07) is 0. The molecule has 0 aliphatic carbocycles. The normalized spacial score (nSPS) is 12.2. The zero-order valence-electron chi connectivity index (χ0n) is 11.7. The molecule has 0 saturated heterocycles. The molecule has 0 spiro atoms. The average Bonchev–Trinajstić information content (AvgIpc) is 2.38. The molecule has 0 fully saturated rings. The van der Waals surface area contributed by atoms with Crippen LogP contribution in [0.2, 0.25) is 0 Å². The Morgan fingerprint density at radius 2 is 1.84 bits per heavy atom. The molecule has 0 aromatic carbocycles. The minimum Gasteiger partial charge on any atom is -0.356 e. The highest BCUT2D eigenvalue weighted by atomic mass is 31.2. The first-order valence-corrected chi connectivity index (χ1v) is 7.61. The maximum atomic E-state index is 11.3. The van der Waals surface area contributed by atoms with Crippen molar-refractivity contribution in [3.63, 3.8) is 0 Å². The van der Waals surface area contributed by atoms with Gasteiger partial charge < -0.3 is 24.1 Å². The zero-order chi connectivity index (χ0) is 14.5. The van der Waals surface area contributed by atoms with Crippen LogP contribution >= 0.6 is 8.60 Å². The van der Waals surface area contributed by atoms with Gasteiger partial charge in [0.25, 0.3) is 0 Å². The maximum Gasteiger partial charge on any atom is 0.329 e. The molecule has 0 aliphatic heterocycles. The van der Waals surface area contributed by atoms with E-state index >= 15 is 0 Å². The molecule has 112 valence electrons. The Morgan fingerprint density at radius 1 is 1.16 bits per heavy atom. The average molecular weight is 293 g/mol. The van der Waals surface area contributed by atoms with Crippen molar-refractivity contribution in [3.05, 3.63) is 0 Å². The van der Waals surface area contributed by atoms with E-state index in [0.717, 1.165) is 25.7 Å². The second kappa shape index (κ2) is 12.5. The number of carbonyl (C=O) groups excluding carboxylic acids is 2. The summed E-state index contributed by atoms with van der Waals surface area (Å²) in [5.41, 5.74) is 0. The van der Waals surface area contributed by atoms with Gasteiger partial charge in [-0.1, -0.05) is 12.8 Å². The first kappa shape index (κ1) is 18.4. The monoisotopic (exact) mass is 293 g/mol. The van der Waals surface area contributed by atoms with Crippen molar-refractivity contribution in [2.24, 2.45) is 0 Å². The van der Waals surface area contributed by atoms with Gasteiger partial charge in [-0.2, -0.15) is 0 Å². The fourth-order valence-electron chi connectivity index (χ4n) is 1.38. The number of nitrogens with one attached hydrogen (secondary N) is 1. The lowest BCUT2D eigenvalue weighted by Crippen LogP contribution is -2.24. The second-order valence-electron chi connectivity index (χ2n) is 4.22. The number of hydrogen-bond donors (Lipinski definition) is 2. The number of unbranched alkanes of at least 4 members (excludes halogenated alkanes) is 3. The molecule has 0 heterocycles. The van der Waals surface area contributed by atoms with E-state index in [0.29, 0.717) is 19.6 Å². The van der Waals surface area contributed by atoms with Gasteiger partial charge in [-0.05, 0) is 19.8 Å². The van der Waals surface area contributed by atoms with Crippen molar-refractivity contribution in [3.8, 4) is 0 Å². The largest absolute Gasteiger partial charge is 0.356 e. The highest BCUT2D eigenvalue weighted by molar-refractivity contribution is 7.40. The number of hydrogen-bond acceptors (Lipinski definition) is 5. The molecular formula is C12H24NO5P. The Labute approximate surface area is 115 Å². The lowest BCUT2D eigenvalue weighted by Gasteiger charge is -2.07. The molecule has 0 rings (SSSR count). The molecule has 0 aromatic heterocycles. The Bertz CT molecular complexity index is 263. The number of Topliss-reactive ketones (excluding diaryl/α,β-unsaturated/α-hetero) is 1. The van der Waals surface area contributed by atoms with Crippen molar-refractivity contribution >= 4 is 20.3 Å². The van der Waals surface area contributed by atoms with E-state index < -0.39 is 8.60 Å². The van der Waals surface area contributed by atoms with Gasteiger partial charge in [0.2, 0.25) is 5.91 Å². The van der Waals surface area contributed by atoms with Gasteiger partial charge in [0.05, 0.1) is 6.61 Å². The number of rotatable bonds is 12. The summed E-state index contributed by atoms with van der Waals surface area (Å²) >= 11 is 0. The molecule has 0 aromatic rings. The summed E-state index contributed by atoms with van der Waals surface area (Å²) in [4.78, 5) is 30.9. The molecule has 19 heavy (non-hydrogen) atoms. The Morgan fingerprint density at radius 3 is 2.47 bits per heavy atom. The molecule has 7 heteroatoms. The number of ketones is 1. The fraction of sp³-hybridized carbons (Fsp3) is 0.833. The predicted octanol–water partition coefficient (Wildman–Crippen LogP) is 1.91. The van der Waals surface area contributed by atoms with Crippen LogP contribution in [0.25, 0.3) is 0 Å². The van der Waals surface area contributed by atoms with E-state index in [1.165, 1.54) is 14.0 Å². The SMILES string of the molecule is COP(O)OCCCCCCNC(=O)CCC(C)=O. The maximum absolute atomic E-state index is 11.3. The third-order valence-electron chi connectivity index (χ3n) is 2.46. The van der Waals surface area contributed by atoms with Crippen LogP contribution in [0.3, 0.4) is 0 Å². The minimum absolute atomic E-state index is 0.0371. The first-order chi connectivity index (χ1) is 9.06. The van der Waals surface area contributed by atoms with Crippen molar-refractivity contribution in [2.45, 2.75) is 45.4 Å². The predicted molar refractivity (Wildman–Crippen MR) is 73.5 cm³/mol. The van der Waals surface area contributed by atoms with E-state index in [1.54, 1.807) is 0 Å². The van der Waals surface area contributed by atoms with Crippen molar-refractivity contribution < 1.29 is 23.5 Å². The van der Waals surface area contributed by atoms with Crippen LogP contribution in [0.4, 0.5) is 0 Å². The molecule has 2 N–H and O–H groups in total. The number of carbonyl (C=O) groups is 2. The summed E-state index contributed by atoms with van der Waals surface area (Å²) in [5, 5.41) is 2.78. The summed E-state index contributed by atoms with van der Waals surface area (Å²) in [5.74, 6) is -0.0281. The molecule has 0 bridgehead atoms. The second-order valence-corrected chi connectivity index (χ2v) is 5.32. The molecule has 0 aliphatic rings. The highest BCUT2D eigenvalue weighted by Gasteiger charge is 2.03. The zero-order valence-corrected chi connectivity index (χ0v) is 12.6. The van der Waals surface area contributed by atoms with Crippen molar-refractivity contribution in [1.29, 1.82) is 0 Å². The van der Waals surface area contributed by atoms with Crippen molar-refractivity contribution in [2.75, 3.05) is 20.3 Å². The molecule has 1 amide bonds. The highest BCUT2D eigenvalue weighted by Crippen LogP contribution is 2.31. The van der Waals surface area contributed by atoms with E-state index in [9.17, 15) is 9.59 Å². The van der Waals surface area contributed by atoms with Crippen LogP contribution in [0.15, 0.2) is 0 Å². The van der Waals surface area contributed by atoms with Gasteiger partial charge in [0, 0.05) is 26.5 Å². The van der Waals surface area contributed by atoms with Gasteiger partial charge in [0.15, 0.2) is 0 Å². The van der Waals surface area contributed by atoms with Crippen LogP contribution in [0.1, 0.15) is 45.4 Å². The van der Waals surface area contributed by atoms with Gasteiger partial charge in [-0.25, -0.2) is 0 Å². The van der Waals surface area contributed by atoms with Gasteiger partial charge in [0.1, 0.15) is 5.78 Å². The molecule has 1 atom stereocenters. The third-order valence-corrected chi connectivity index (χ3v) is 3.17. The van der Waals surface area contributed by atoms with E-state index in [4.69, 9.17) is 9.42 Å². The lowest BCUT2D eigenvalue weighted by molar-refractivity contribution is -0.124. The topological polar surface area (TPSA) is 84.9 Å². The summed E-state index contributed by atoms with van der Waals surface area (Å²) < 4.78 is 9.57. The van der Waals surface area contributed by atoms with Crippen LogP contribution in [0.5, 0.6) is 0 Å². The smallest absolute Gasteiger partial charge is 0.329 e. The van der Waals surface area contributed by atoms with Crippen LogP contribution in [0, 0.1) is 0 Å². The molecule has 0 radical (unpaired) electrons. The molecule has 6 nitrogen and oxygen atoms in total. The lowest BCUT2D eigenvalue weighted by atomic mass is 10.2. The summed E-state index contributed by atoms with van der Waals surface area (Å²) in [7, 11) is -0.306. The Hall–Kier alpha value is -0.550. The standard InChI is InChI=1S/C12H24NO5P/c1-11(14)7-8-12(15)13-9-5-3-4-6-10-18-19(16)17-2/h16H,3-10H2,1-2H3,(H,13,15). The van der Waals surface area contributed by atoms with E-state index in [1.807, 2.05) is 0 Å². The summed E-state index contributed by atoms with van der Waals surface area (Å²) in [6.07, 6.45) is 4.33. The number of amides is 1. The van der Waals surface area contributed by atoms with Gasteiger partial charge >= 0.3 is 8.60 Å². The molecule has 0 saturated carbocycles. The quantitative estimate of drug-likeness (QED) is 0.424. The molecular weight excluding hydrogens is 269 g/mol.